The van der Waals surface area contributed by atoms with Crippen LogP contribution in [0.1, 0.15) is 51.4 Å². The average Bonchev–Trinajstić information content (AvgIpc) is 2.44. The van der Waals surface area contributed by atoms with Crippen LogP contribution in [0.3, 0.4) is 0 Å². The minimum atomic E-state index is -0.776. The van der Waals surface area contributed by atoms with E-state index < -0.39 is 11.9 Å². The highest BCUT2D eigenvalue weighted by atomic mass is 32.2. The zero-order valence-corrected chi connectivity index (χ0v) is 14.6. The second kappa shape index (κ2) is 15.2. The van der Waals surface area contributed by atoms with Crippen molar-refractivity contribution in [2.24, 2.45) is 0 Å². The molecule has 0 aromatic carbocycles. The average molecular weight is 351 g/mol. The molecule has 0 aromatic rings. The highest BCUT2D eigenvalue weighted by Crippen LogP contribution is 2.11. The number of carbonyl (C=O) groups is 3. The van der Waals surface area contributed by atoms with Crippen molar-refractivity contribution < 1.29 is 24.6 Å². The number of hydrogen-bond donors (Lipinski definition) is 2. The number of carboxylic acid groups (broad SMARTS) is 2. The van der Waals surface area contributed by atoms with Gasteiger partial charge in [0.05, 0.1) is 11.5 Å². The number of Topliss-reactive ketones (excluding diaryl/α,β-unsaturated/α-hetero) is 1. The molecule has 7 heteroatoms. The molecule has 0 fully saturated rings. The minimum absolute atomic E-state index is 0.156. The van der Waals surface area contributed by atoms with Gasteiger partial charge in [0.1, 0.15) is 5.78 Å². The van der Waals surface area contributed by atoms with Crippen LogP contribution in [0.2, 0.25) is 0 Å². The first-order valence-corrected chi connectivity index (χ1v) is 9.94. The Morgan fingerprint density at radius 1 is 0.636 bits per heavy atom. The normalized spacial score (nSPS) is 10.5. The lowest BCUT2D eigenvalue weighted by atomic mass is 10.1. The van der Waals surface area contributed by atoms with E-state index >= 15 is 0 Å². The molecular weight excluding hydrogens is 324 g/mol. The molecule has 0 saturated heterocycles. The molecular formula is C15H26O5S2. The SMILES string of the molecule is O=C(O)CSCCCCCC(=O)CCCCCSCC(=O)O. The quantitative estimate of drug-likeness (QED) is 0.413. The number of thioether (sulfide) groups is 2. The van der Waals surface area contributed by atoms with Crippen molar-refractivity contribution >= 4 is 41.2 Å². The molecule has 0 radical (unpaired) electrons. The zero-order chi connectivity index (χ0) is 16.6. The monoisotopic (exact) mass is 350 g/mol. The molecule has 0 spiro atoms. The Hall–Kier alpha value is -0.690. The maximum atomic E-state index is 11.6. The zero-order valence-electron chi connectivity index (χ0n) is 12.9. The number of unbranched alkanes of at least 4 members (excludes halogenated alkanes) is 4. The summed E-state index contributed by atoms with van der Waals surface area (Å²) in [6.07, 6.45) is 6.91. The smallest absolute Gasteiger partial charge is 0.313 e. The Balaban J connectivity index is 3.23. The summed E-state index contributed by atoms with van der Waals surface area (Å²) in [6.45, 7) is 0. The Morgan fingerprint density at radius 3 is 1.41 bits per heavy atom. The molecule has 0 aromatic heterocycles. The molecule has 2 N–H and O–H groups in total. The summed E-state index contributed by atoms with van der Waals surface area (Å²) in [6, 6.07) is 0. The Bertz CT molecular complexity index is 304. The van der Waals surface area contributed by atoms with E-state index in [1.165, 1.54) is 23.5 Å². The third-order valence-corrected chi connectivity index (χ3v) is 5.00. The van der Waals surface area contributed by atoms with Crippen LogP contribution in [0.5, 0.6) is 0 Å². The van der Waals surface area contributed by atoms with Crippen LogP contribution in [0.25, 0.3) is 0 Å². The molecule has 0 atom stereocenters. The van der Waals surface area contributed by atoms with Gasteiger partial charge >= 0.3 is 11.9 Å². The topological polar surface area (TPSA) is 91.7 Å². The predicted molar refractivity (Wildman–Crippen MR) is 91.9 cm³/mol. The van der Waals surface area contributed by atoms with Gasteiger partial charge in [0.2, 0.25) is 0 Å². The molecule has 128 valence electrons. The fourth-order valence-corrected chi connectivity index (χ4v) is 3.30. The molecule has 0 rings (SSSR count). The van der Waals surface area contributed by atoms with E-state index in [1.54, 1.807) is 0 Å². The molecule has 0 amide bonds. The van der Waals surface area contributed by atoms with Gasteiger partial charge in [0, 0.05) is 12.8 Å². The Labute approximate surface area is 140 Å². The summed E-state index contributed by atoms with van der Waals surface area (Å²) in [5.41, 5.74) is 0. The van der Waals surface area contributed by atoms with E-state index in [0.717, 1.165) is 50.0 Å². The number of carbonyl (C=O) groups excluding carboxylic acids is 1. The maximum absolute atomic E-state index is 11.6. The molecule has 0 aliphatic rings. The number of rotatable bonds is 16. The molecule has 0 bridgehead atoms. The maximum Gasteiger partial charge on any atom is 0.313 e. The van der Waals surface area contributed by atoms with Gasteiger partial charge in [0.25, 0.3) is 0 Å². The summed E-state index contributed by atoms with van der Waals surface area (Å²) in [4.78, 5) is 32.2. The number of ketones is 1. The van der Waals surface area contributed by atoms with E-state index in [-0.39, 0.29) is 11.5 Å². The van der Waals surface area contributed by atoms with Gasteiger partial charge in [-0.15, -0.1) is 0 Å². The number of aliphatic carboxylic acids is 2. The lowest BCUT2D eigenvalue weighted by Gasteiger charge is -2.02. The molecule has 0 saturated carbocycles. The minimum Gasteiger partial charge on any atom is -0.481 e. The van der Waals surface area contributed by atoms with Crippen molar-refractivity contribution in [2.75, 3.05) is 23.0 Å². The van der Waals surface area contributed by atoms with E-state index in [2.05, 4.69) is 0 Å². The summed E-state index contributed by atoms with van der Waals surface area (Å²) in [5.74, 6) is 0.746. The standard InChI is InChI=1S/C15H26O5S2/c16-13(7-3-1-5-9-21-11-14(17)18)8-4-2-6-10-22-12-15(19)20/h1-12H2,(H,17,18)(H,19,20). The van der Waals surface area contributed by atoms with Gasteiger partial charge in [-0.05, 0) is 37.2 Å². The van der Waals surface area contributed by atoms with E-state index in [9.17, 15) is 14.4 Å². The molecule has 0 aliphatic carbocycles. The summed E-state index contributed by atoms with van der Waals surface area (Å²) in [7, 11) is 0. The fourth-order valence-electron chi connectivity index (χ4n) is 1.85. The second-order valence-electron chi connectivity index (χ2n) is 5.05. The summed E-state index contributed by atoms with van der Waals surface area (Å²) >= 11 is 2.84. The van der Waals surface area contributed by atoms with Crippen LogP contribution in [0.15, 0.2) is 0 Å². The first-order chi connectivity index (χ1) is 10.5. The van der Waals surface area contributed by atoms with Crippen LogP contribution in [0.4, 0.5) is 0 Å². The molecule has 0 unspecified atom stereocenters. The van der Waals surface area contributed by atoms with Crippen molar-refractivity contribution in [3.63, 3.8) is 0 Å². The van der Waals surface area contributed by atoms with Crippen LogP contribution in [-0.2, 0) is 14.4 Å². The lowest BCUT2D eigenvalue weighted by molar-refractivity contribution is -0.134. The van der Waals surface area contributed by atoms with E-state index in [0.29, 0.717) is 18.6 Å². The second-order valence-corrected chi connectivity index (χ2v) is 7.26. The van der Waals surface area contributed by atoms with Crippen LogP contribution < -0.4 is 0 Å². The van der Waals surface area contributed by atoms with Crippen LogP contribution in [0, 0.1) is 0 Å². The Kier molecular flexibility index (Phi) is 14.7. The largest absolute Gasteiger partial charge is 0.481 e. The van der Waals surface area contributed by atoms with E-state index in [1.807, 2.05) is 0 Å². The molecule has 0 aliphatic heterocycles. The Morgan fingerprint density at radius 2 is 1.05 bits per heavy atom. The third-order valence-electron chi connectivity index (χ3n) is 2.94. The first-order valence-electron chi connectivity index (χ1n) is 7.63. The fraction of sp³-hybridized carbons (Fsp3) is 0.800. The molecule has 22 heavy (non-hydrogen) atoms. The molecule has 0 heterocycles. The predicted octanol–water partition coefficient (Wildman–Crippen LogP) is 3.31. The first kappa shape index (κ1) is 21.3. The van der Waals surface area contributed by atoms with Crippen LogP contribution in [-0.4, -0.2) is 50.9 Å². The van der Waals surface area contributed by atoms with Crippen molar-refractivity contribution in [1.82, 2.24) is 0 Å². The van der Waals surface area contributed by atoms with Gasteiger partial charge in [-0.1, -0.05) is 12.8 Å². The van der Waals surface area contributed by atoms with Crippen molar-refractivity contribution in [2.45, 2.75) is 51.4 Å². The van der Waals surface area contributed by atoms with Gasteiger partial charge < -0.3 is 10.2 Å². The lowest BCUT2D eigenvalue weighted by Crippen LogP contribution is -2.00. The van der Waals surface area contributed by atoms with Crippen molar-refractivity contribution in [3.8, 4) is 0 Å². The van der Waals surface area contributed by atoms with Gasteiger partial charge in [-0.2, -0.15) is 23.5 Å². The molecule has 5 nitrogen and oxygen atoms in total. The van der Waals surface area contributed by atoms with Crippen LogP contribution >= 0.6 is 23.5 Å². The van der Waals surface area contributed by atoms with Gasteiger partial charge in [-0.3, -0.25) is 14.4 Å². The summed E-state index contributed by atoms with van der Waals surface area (Å²) < 4.78 is 0. The highest BCUT2D eigenvalue weighted by Gasteiger charge is 2.03. The van der Waals surface area contributed by atoms with Crippen molar-refractivity contribution in [1.29, 1.82) is 0 Å². The number of hydrogen-bond acceptors (Lipinski definition) is 5. The number of carboxylic acids is 2. The third kappa shape index (κ3) is 17.4. The highest BCUT2D eigenvalue weighted by molar-refractivity contribution is 8.00. The van der Waals surface area contributed by atoms with E-state index in [4.69, 9.17) is 10.2 Å². The van der Waals surface area contributed by atoms with Gasteiger partial charge in [0.15, 0.2) is 0 Å². The van der Waals surface area contributed by atoms with Gasteiger partial charge in [-0.25, -0.2) is 0 Å². The van der Waals surface area contributed by atoms with Crippen molar-refractivity contribution in [3.05, 3.63) is 0 Å². The summed E-state index contributed by atoms with van der Waals surface area (Å²) in [5, 5.41) is 16.9.